The lowest BCUT2D eigenvalue weighted by Crippen LogP contribution is -2.48. The van der Waals surface area contributed by atoms with Crippen molar-refractivity contribution in [3.63, 3.8) is 0 Å². The van der Waals surface area contributed by atoms with Crippen molar-refractivity contribution in [1.29, 1.82) is 0 Å². The molecule has 1 rings (SSSR count). The van der Waals surface area contributed by atoms with E-state index in [1.54, 1.807) is 7.05 Å². The average molecular weight is 253 g/mol. The van der Waals surface area contributed by atoms with Crippen LogP contribution in [0.1, 0.15) is 20.3 Å². The normalized spacial score (nSPS) is 14.0. The topological polar surface area (TPSA) is 50.7 Å². The molecule has 0 fully saturated rings. The fourth-order valence-corrected chi connectivity index (χ4v) is 1.33. The van der Waals surface area contributed by atoms with Crippen molar-refractivity contribution in [1.82, 2.24) is 5.32 Å². The minimum Gasteiger partial charge on any atom is -0.490 e. The van der Waals surface area contributed by atoms with Gasteiger partial charge in [0.15, 0.2) is 11.5 Å². The zero-order valence-electron chi connectivity index (χ0n) is 11.4. The fraction of sp³-hybridized carbons (Fsp3) is 0.571. The Kier molecular flexibility index (Phi) is 5.95. The van der Waals surface area contributed by atoms with Crippen LogP contribution in [0, 0.1) is 0 Å². The van der Waals surface area contributed by atoms with Gasteiger partial charge in [-0.2, -0.15) is 0 Å². The lowest BCUT2D eigenvalue weighted by Gasteiger charge is -2.27. The van der Waals surface area contributed by atoms with Gasteiger partial charge in [-0.3, -0.25) is 0 Å². The van der Waals surface area contributed by atoms with Gasteiger partial charge in [-0.05, 0) is 32.5 Å². The molecule has 0 heterocycles. The monoisotopic (exact) mass is 253 g/mol. The molecule has 0 spiro atoms. The Bertz CT molecular complexity index is 351. The SMILES string of the molecule is CCCOc1ccccc1OCC(C)(CO)NC. The third-order valence-corrected chi connectivity index (χ3v) is 2.81. The van der Waals surface area contributed by atoms with Gasteiger partial charge in [0, 0.05) is 0 Å². The highest BCUT2D eigenvalue weighted by Gasteiger charge is 2.22. The van der Waals surface area contributed by atoms with E-state index in [1.165, 1.54) is 0 Å². The molecule has 0 aliphatic carbocycles. The summed E-state index contributed by atoms with van der Waals surface area (Å²) in [5, 5.41) is 12.3. The van der Waals surface area contributed by atoms with Gasteiger partial charge in [-0.1, -0.05) is 19.1 Å². The van der Waals surface area contributed by atoms with Crippen LogP contribution >= 0.6 is 0 Å². The van der Waals surface area contributed by atoms with Crippen LogP contribution in [0.2, 0.25) is 0 Å². The van der Waals surface area contributed by atoms with Crippen LogP contribution in [0.5, 0.6) is 11.5 Å². The van der Waals surface area contributed by atoms with Crippen LogP contribution in [-0.4, -0.2) is 37.5 Å². The molecule has 1 aromatic rings. The number of likely N-dealkylation sites (N-methyl/N-ethyl adjacent to an activating group) is 1. The quantitative estimate of drug-likeness (QED) is 0.742. The van der Waals surface area contributed by atoms with Crippen molar-refractivity contribution >= 4 is 0 Å². The summed E-state index contributed by atoms with van der Waals surface area (Å²) >= 11 is 0. The molecule has 1 atom stereocenters. The lowest BCUT2D eigenvalue weighted by atomic mass is 10.1. The molecule has 0 aromatic heterocycles. The second kappa shape index (κ2) is 7.24. The minimum atomic E-state index is -0.447. The molecule has 0 saturated carbocycles. The summed E-state index contributed by atoms with van der Waals surface area (Å²) in [6.07, 6.45) is 0.958. The Morgan fingerprint density at radius 3 is 2.33 bits per heavy atom. The lowest BCUT2D eigenvalue weighted by molar-refractivity contribution is 0.120. The largest absolute Gasteiger partial charge is 0.490 e. The molecular weight excluding hydrogens is 230 g/mol. The second-order valence-corrected chi connectivity index (χ2v) is 4.55. The third-order valence-electron chi connectivity index (χ3n) is 2.81. The molecule has 0 saturated heterocycles. The number of nitrogens with one attached hydrogen (secondary N) is 1. The highest BCUT2D eigenvalue weighted by Crippen LogP contribution is 2.27. The Morgan fingerprint density at radius 2 is 1.83 bits per heavy atom. The van der Waals surface area contributed by atoms with Gasteiger partial charge < -0.3 is 19.9 Å². The van der Waals surface area contributed by atoms with Crippen molar-refractivity contribution in [2.75, 3.05) is 26.9 Å². The fourth-order valence-electron chi connectivity index (χ4n) is 1.33. The summed E-state index contributed by atoms with van der Waals surface area (Å²) in [6.45, 7) is 5.04. The molecule has 1 aromatic carbocycles. The number of aliphatic hydroxyl groups excluding tert-OH is 1. The predicted molar refractivity (Wildman–Crippen MR) is 72.3 cm³/mol. The van der Waals surface area contributed by atoms with Gasteiger partial charge in [-0.15, -0.1) is 0 Å². The summed E-state index contributed by atoms with van der Waals surface area (Å²) < 4.78 is 11.3. The molecule has 0 aliphatic rings. The summed E-state index contributed by atoms with van der Waals surface area (Å²) in [5.41, 5.74) is -0.447. The van der Waals surface area contributed by atoms with Crippen LogP contribution in [0.3, 0.4) is 0 Å². The molecule has 18 heavy (non-hydrogen) atoms. The highest BCUT2D eigenvalue weighted by atomic mass is 16.5. The number of ether oxygens (including phenoxy) is 2. The zero-order valence-corrected chi connectivity index (χ0v) is 11.4. The molecule has 102 valence electrons. The second-order valence-electron chi connectivity index (χ2n) is 4.55. The average Bonchev–Trinajstić information content (AvgIpc) is 2.43. The Hall–Kier alpha value is -1.26. The first-order chi connectivity index (χ1) is 8.65. The molecule has 0 aliphatic heterocycles. The van der Waals surface area contributed by atoms with E-state index in [-0.39, 0.29) is 6.61 Å². The van der Waals surface area contributed by atoms with Crippen LogP contribution < -0.4 is 14.8 Å². The first-order valence-electron chi connectivity index (χ1n) is 6.29. The van der Waals surface area contributed by atoms with E-state index >= 15 is 0 Å². The summed E-state index contributed by atoms with van der Waals surface area (Å²) in [6, 6.07) is 7.59. The van der Waals surface area contributed by atoms with Gasteiger partial charge >= 0.3 is 0 Å². The van der Waals surface area contributed by atoms with Gasteiger partial charge in [0.1, 0.15) is 6.61 Å². The highest BCUT2D eigenvalue weighted by molar-refractivity contribution is 5.39. The molecule has 0 bridgehead atoms. The van der Waals surface area contributed by atoms with E-state index in [0.29, 0.717) is 19.0 Å². The first-order valence-corrected chi connectivity index (χ1v) is 6.29. The van der Waals surface area contributed by atoms with Gasteiger partial charge in [-0.25, -0.2) is 0 Å². The number of benzene rings is 1. The van der Waals surface area contributed by atoms with Gasteiger partial charge in [0.05, 0.1) is 18.8 Å². The van der Waals surface area contributed by atoms with Gasteiger partial charge in [0.25, 0.3) is 0 Å². The third kappa shape index (κ3) is 4.20. The number of aliphatic hydroxyl groups is 1. The van der Waals surface area contributed by atoms with Crippen molar-refractivity contribution in [2.24, 2.45) is 0 Å². The Balaban J connectivity index is 2.66. The number of hydrogen-bond donors (Lipinski definition) is 2. The maximum absolute atomic E-state index is 9.30. The van der Waals surface area contributed by atoms with E-state index in [1.807, 2.05) is 31.2 Å². The molecule has 0 amide bonds. The molecule has 1 unspecified atom stereocenters. The van der Waals surface area contributed by atoms with E-state index in [0.717, 1.165) is 12.2 Å². The smallest absolute Gasteiger partial charge is 0.161 e. The predicted octanol–water partition coefficient (Wildman–Crippen LogP) is 1.82. The molecule has 0 radical (unpaired) electrons. The number of hydrogen-bond acceptors (Lipinski definition) is 4. The van der Waals surface area contributed by atoms with Gasteiger partial charge in [0.2, 0.25) is 0 Å². The zero-order chi connectivity index (χ0) is 13.4. The Morgan fingerprint density at radius 1 is 1.22 bits per heavy atom. The molecule has 4 heteroatoms. The maximum Gasteiger partial charge on any atom is 0.161 e. The number of rotatable bonds is 8. The van der Waals surface area contributed by atoms with Crippen LogP contribution in [0.15, 0.2) is 24.3 Å². The van der Waals surface area contributed by atoms with Crippen molar-refractivity contribution in [3.05, 3.63) is 24.3 Å². The summed E-state index contributed by atoms with van der Waals surface area (Å²) in [7, 11) is 1.80. The maximum atomic E-state index is 9.30. The first kappa shape index (κ1) is 14.8. The standard InChI is InChI=1S/C14H23NO3/c1-4-9-17-12-7-5-6-8-13(12)18-11-14(2,10-16)15-3/h5-8,15-16H,4,9-11H2,1-3H3. The van der Waals surface area contributed by atoms with Crippen LogP contribution in [-0.2, 0) is 0 Å². The van der Waals surface area contributed by atoms with Crippen LogP contribution in [0.25, 0.3) is 0 Å². The van der Waals surface area contributed by atoms with Crippen molar-refractivity contribution in [2.45, 2.75) is 25.8 Å². The molecular formula is C14H23NO3. The van der Waals surface area contributed by atoms with E-state index in [9.17, 15) is 5.11 Å². The molecule has 4 nitrogen and oxygen atoms in total. The Labute approximate surface area is 109 Å². The summed E-state index contributed by atoms with van der Waals surface area (Å²) in [4.78, 5) is 0. The summed E-state index contributed by atoms with van der Waals surface area (Å²) in [5.74, 6) is 1.46. The van der Waals surface area contributed by atoms with E-state index in [2.05, 4.69) is 12.2 Å². The van der Waals surface area contributed by atoms with Crippen molar-refractivity contribution in [3.8, 4) is 11.5 Å². The minimum absolute atomic E-state index is 0.0154. The van der Waals surface area contributed by atoms with Crippen LogP contribution in [0.4, 0.5) is 0 Å². The molecule has 2 N–H and O–H groups in total. The van der Waals surface area contributed by atoms with E-state index in [4.69, 9.17) is 9.47 Å². The van der Waals surface area contributed by atoms with Crippen molar-refractivity contribution < 1.29 is 14.6 Å². The number of para-hydroxylation sites is 2. The van der Waals surface area contributed by atoms with E-state index < -0.39 is 5.54 Å².